The standard InChI is InChI=1S/C16H12N2OS2/c19-14(12-5-2-1-3-6-12)11-21-16-9-8-13(17-18-16)15-7-4-10-20-15/h1-10H,11H2. The molecule has 0 aliphatic heterocycles. The minimum Gasteiger partial charge on any atom is -0.293 e. The number of carbonyl (C=O) groups is 1. The number of thiophene rings is 1. The zero-order chi connectivity index (χ0) is 14.5. The van der Waals surface area contributed by atoms with Gasteiger partial charge in [-0.1, -0.05) is 48.2 Å². The van der Waals surface area contributed by atoms with Crippen molar-refractivity contribution >= 4 is 28.9 Å². The molecule has 5 heteroatoms. The van der Waals surface area contributed by atoms with Crippen LogP contribution in [0.25, 0.3) is 10.6 Å². The largest absolute Gasteiger partial charge is 0.293 e. The average Bonchev–Trinajstić information content (AvgIpc) is 3.08. The summed E-state index contributed by atoms with van der Waals surface area (Å²) in [6.45, 7) is 0. The summed E-state index contributed by atoms with van der Waals surface area (Å²) in [4.78, 5) is 13.1. The summed E-state index contributed by atoms with van der Waals surface area (Å²) < 4.78 is 0. The van der Waals surface area contributed by atoms with E-state index in [2.05, 4.69) is 10.2 Å². The average molecular weight is 312 g/mol. The normalized spacial score (nSPS) is 10.5. The summed E-state index contributed by atoms with van der Waals surface area (Å²) >= 11 is 3.04. The molecule has 21 heavy (non-hydrogen) atoms. The van der Waals surface area contributed by atoms with Crippen LogP contribution in [-0.4, -0.2) is 21.7 Å². The Morgan fingerprint density at radius 1 is 1.00 bits per heavy atom. The lowest BCUT2D eigenvalue weighted by atomic mass is 10.2. The van der Waals surface area contributed by atoms with Gasteiger partial charge >= 0.3 is 0 Å². The summed E-state index contributed by atoms with van der Waals surface area (Å²) in [6, 6.07) is 17.1. The van der Waals surface area contributed by atoms with E-state index >= 15 is 0 Å². The Balaban J connectivity index is 1.62. The molecule has 0 unspecified atom stereocenters. The number of hydrogen-bond acceptors (Lipinski definition) is 5. The van der Waals surface area contributed by atoms with Crippen molar-refractivity contribution in [1.82, 2.24) is 10.2 Å². The highest BCUT2D eigenvalue weighted by Gasteiger charge is 2.07. The third kappa shape index (κ3) is 3.56. The van der Waals surface area contributed by atoms with Crippen molar-refractivity contribution in [3.8, 4) is 10.6 Å². The summed E-state index contributed by atoms with van der Waals surface area (Å²) in [5, 5.41) is 11.1. The van der Waals surface area contributed by atoms with Gasteiger partial charge in [-0.2, -0.15) is 0 Å². The third-order valence-corrected chi connectivity index (χ3v) is 4.67. The number of thioether (sulfide) groups is 1. The molecule has 0 amide bonds. The van der Waals surface area contributed by atoms with Crippen LogP contribution in [0.3, 0.4) is 0 Å². The zero-order valence-corrected chi connectivity index (χ0v) is 12.7. The molecule has 3 nitrogen and oxygen atoms in total. The van der Waals surface area contributed by atoms with Crippen LogP contribution in [0.5, 0.6) is 0 Å². The Morgan fingerprint density at radius 2 is 1.86 bits per heavy atom. The van der Waals surface area contributed by atoms with Gasteiger partial charge in [0.15, 0.2) is 5.78 Å². The summed E-state index contributed by atoms with van der Waals surface area (Å²) in [6.07, 6.45) is 0. The maximum Gasteiger partial charge on any atom is 0.173 e. The van der Waals surface area contributed by atoms with Gasteiger partial charge < -0.3 is 0 Å². The van der Waals surface area contributed by atoms with Crippen LogP contribution in [0.15, 0.2) is 65.0 Å². The fourth-order valence-corrected chi connectivity index (χ4v) is 3.20. The summed E-state index contributed by atoms with van der Waals surface area (Å²) in [5.74, 6) is 0.474. The van der Waals surface area contributed by atoms with Crippen LogP contribution in [0, 0.1) is 0 Å². The number of Topliss-reactive ketones (excluding diaryl/α,β-unsaturated/α-hetero) is 1. The minimum atomic E-state index is 0.102. The molecule has 0 fully saturated rings. The highest BCUT2D eigenvalue weighted by Crippen LogP contribution is 2.23. The first-order chi connectivity index (χ1) is 10.3. The second-order valence-corrected chi connectivity index (χ2v) is 6.26. The molecule has 0 radical (unpaired) electrons. The Hall–Kier alpha value is -1.98. The Morgan fingerprint density at radius 3 is 2.52 bits per heavy atom. The Labute approximate surface area is 131 Å². The molecule has 2 heterocycles. The van der Waals surface area contributed by atoms with Gasteiger partial charge in [-0.15, -0.1) is 21.5 Å². The van der Waals surface area contributed by atoms with Crippen LogP contribution in [0.1, 0.15) is 10.4 Å². The van der Waals surface area contributed by atoms with Crippen molar-refractivity contribution < 1.29 is 4.79 Å². The lowest BCUT2D eigenvalue weighted by Gasteiger charge is -2.01. The molecule has 0 saturated carbocycles. The van der Waals surface area contributed by atoms with E-state index in [9.17, 15) is 4.79 Å². The van der Waals surface area contributed by atoms with Crippen molar-refractivity contribution in [1.29, 1.82) is 0 Å². The van der Waals surface area contributed by atoms with Gasteiger partial charge in [-0.25, -0.2) is 0 Å². The maximum atomic E-state index is 12.0. The van der Waals surface area contributed by atoms with E-state index in [0.29, 0.717) is 5.75 Å². The van der Waals surface area contributed by atoms with E-state index in [-0.39, 0.29) is 5.78 Å². The first-order valence-corrected chi connectivity index (χ1v) is 8.28. The quantitative estimate of drug-likeness (QED) is 0.523. The lowest BCUT2D eigenvalue weighted by Crippen LogP contribution is -2.02. The molecule has 0 aliphatic rings. The van der Waals surface area contributed by atoms with E-state index < -0.39 is 0 Å². The monoisotopic (exact) mass is 312 g/mol. The number of rotatable bonds is 5. The second kappa shape index (κ2) is 6.65. The molecule has 2 aromatic heterocycles. The molecule has 0 N–H and O–H groups in total. The highest BCUT2D eigenvalue weighted by molar-refractivity contribution is 7.99. The SMILES string of the molecule is O=C(CSc1ccc(-c2cccs2)nn1)c1ccccc1. The van der Waals surface area contributed by atoms with Gasteiger partial charge in [0, 0.05) is 5.56 Å². The highest BCUT2D eigenvalue weighted by atomic mass is 32.2. The lowest BCUT2D eigenvalue weighted by molar-refractivity contribution is 0.102. The van der Waals surface area contributed by atoms with Gasteiger partial charge in [0.1, 0.15) is 10.7 Å². The number of benzene rings is 1. The van der Waals surface area contributed by atoms with Crippen molar-refractivity contribution in [2.75, 3.05) is 5.75 Å². The Kier molecular flexibility index (Phi) is 4.43. The van der Waals surface area contributed by atoms with Crippen LogP contribution in [0.4, 0.5) is 0 Å². The zero-order valence-electron chi connectivity index (χ0n) is 11.1. The van der Waals surface area contributed by atoms with Crippen LogP contribution in [-0.2, 0) is 0 Å². The van der Waals surface area contributed by atoms with Gasteiger partial charge in [-0.3, -0.25) is 4.79 Å². The van der Waals surface area contributed by atoms with E-state index in [4.69, 9.17) is 0 Å². The molecule has 3 aromatic rings. The second-order valence-electron chi connectivity index (χ2n) is 4.31. The van der Waals surface area contributed by atoms with Gasteiger partial charge in [-0.05, 0) is 23.6 Å². The molecule has 3 rings (SSSR count). The van der Waals surface area contributed by atoms with Gasteiger partial charge in [0.25, 0.3) is 0 Å². The fourth-order valence-electron chi connectivity index (χ4n) is 1.80. The first kappa shape index (κ1) is 14.0. The molecule has 0 atom stereocenters. The predicted molar refractivity (Wildman–Crippen MR) is 86.8 cm³/mol. The van der Waals surface area contributed by atoms with E-state index in [0.717, 1.165) is 21.2 Å². The first-order valence-electron chi connectivity index (χ1n) is 6.41. The van der Waals surface area contributed by atoms with Gasteiger partial charge in [0.2, 0.25) is 0 Å². The summed E-state index contributed by atoms with van der Waals surface area (Å²) in [7, 11) is 0. The van der Waals surface area contributed by atoms with Crippen LogP contribution >= 0.6 is 23.1 Å². The molecule has 0 spiro atoms. The minimum absolute atomic E-state index is 0.102. The van der Waals surface area contributed by atoms with Crippen molar-refractivity contribution in [2.45, 2.75) is 5.03 Å². The summed E-state index contributed by atoms with van der Waals surface area (Å²) in [5.41, 5.74) is 1.59. The molecule has 104 valence electrons. The van der Waals surface area contributed by atoms with E-state index in [1.807, 2.05) is 60.0 Å². The molecule has 0 aliphatic carbocycles. The van der Waals surface area contributed by atoms with Crippen molar-refractivity contribution in [3.05, 3.63) is 65.5 Å². The number of nitrogens with zero attached hydrogens (tertiary/aromatic N) is 2. The smallest absolute Gasteiger partial charge is 0.173 e. The van der Waals surface area contributed by atoms with Crippen LogP contribution in [0.2, 0.25) is 0 Å². The van der Waals surface area contributed by atoms with Crippen molar-refractivity contribution in [2.24, 2.45) is 0 Å². The molecular weight excluding hydrogens is 300 g/mol. The van der Waals surface area contributed by atoms with Crippen molar-refractivity contribution in [3.63, 3.8) is 0 Å². The van der Waals surface area contributed by atoms with Crippen LogP contribution < -0.4 is 0 Å². The topological polar surface area (TPSA) is 42.9 Å². The predicted octanol–water partition coefficient (Wildman–Crippen LogP) is 4.18. The molecular formula is C16H12N2OS2. The maximum absolute atomic E-state index is 12.0. The number of ketones is 1. The number of aromatic nitrogens is 2. The van der Waals surface area contributed by atoms with E-state index in [1.54, 1.807) is 11.3 Å². The fraction of sp³-hybridized carbons (Fsp3) is 0.0625. The number of carbonyl (C=O) groups excluding carboxylic acids is 1. The molecule has 0 bridgehead atoms. The Bertz CT molecular complexity index is 710. The third-order valence-electron chi connectivity index (χ3n) is 2.86. The van der Waals surface area contributed by atoms with Gasteiger partial charge in [0.05, 0.1) is 10.6 Å². The molecule has 0 saturated heterocycles. The molecule has 1 aromatic carbocycles. The number of hydrogen-bond donors (Lipinski definition) is 0. The van der Waals surface area contributed by atoms with E-state index in [1.165, 1.54) is 11.8 Å².